The molecule has 1 atom stereocenters. The van der Waals surface area contributed by atoms with Gasteiger partial charge in [-0.25, -0.2) is 4.39 Å². The highest BCUT2D eigenvalue weighted by molar-refractivity contribution is 5.84. The Hall–Kier alpha value is -2.47. The van der Waals surface area contributed by atoms with Gasteiger partial charge in [-0.3, -0.25) is 9.59 Å². The Morgan fingerprint density at radius 3 is 2.64 bits per heavy atom. The summed E-state index contributed by atoms with van der Waals surface area (Å²) in [4.78, 5) is 24.2. The maximum Gasteiger partial charge on any atom is 0.253 e. The van der Waals surface area contributed by atoms with Crippen molar-refractivity contribution in [2.75, 3.05) is 6.54 Å². The molecule has 1 amide bonds. The first kappa shape index (κ1) is 18.9. The fourth-order valence-corrected chi connectivity index (χ4v) is 2.65. The number of aromatic nitrogens is 1. The van der Waals surface area contributed by atoms with Crippen molar-refractivity contribution in [3.63, 3.8) is 0 Å². The molecule has 0 aliphatic heterocycles. The van der Waals surface area contributed by atoms with E-state index in [1.807, 2.05) is 0 Å². The molecule has 0 spiro atoms. The van der Waals surface area contributed by atoms with Gasteiger partial charge in [0.1, 0.15) is 5.82 Å². The van der Waals surface area contributed by atoms with Gasteiger partial charge < -0.3 is 15.0 Å². The molecule has 0 unspecified atom stereocenters. The summed E-state index contributed by atoms with van der Waals surface area (Å²) in [6, 6.07) is 9.27. The number of pyridine rings is 1. The molecule has 25 heavy (non-hydrogen) atoms. The van der Waals surface area contributed by atoms with Crippen LogP contribution in [0, 0.1) is 19.7 Å². The zero-order chi connectivity index (χ0) is 18.6. The summed E-state index contributed by atoms with van der Waals surface area (Å²) in [5.41, 5.74) is 0.426. The molecule has 0 bridgehead atoms. The van der Waals surface area contributed by atoms with Gasteiger partial charge in [-0.2, -0.15) is 0 Å². The van der Waals surface area contributed by atoms with E-state index in [0.29, 0.717) is 18.7 Å². The topological polar surface area (TPSA) is 71.3 Å². The molecule has 0 saturated carbocycles. The number of aliphatic hydroxyl groups is 1. The van der Waals surface area contributed by atoms with Crippen LogP contribution < -0.4 is 10.9 Å². The molecule has 5 nitrogen and oxygen atoms in total. The van der Waals surface area contributed by atoms with E-state index in [4.69, 9.17) is 0 Å². The molecule has 0 saturated heterocycles. The maximum absolute atomic E-state index is 13.1. The van der Waals surface area contributed by atoms with Crippen molar-refractivity contribution in [3.8, 4) is 0 Å². The van der Waals surface area contributed by atoms with E-state index in [2.05, 4.69) is 5.32 Å². The number of halogens is 1. The van der Waals surface area contributed by atoms with Crippen molar-refractivity contribution in [2.45, 2.75) is 39.3 Å². The van der Waals surface area contributed by atoms with Crippen LogP contribution in [0.5, 0.6) is 0 Å². The molecule has 1 aromatic carbocycles. The summed E-state index contributed by atoms with van der Waals surface area (Å²) in [6.45, 7) is 5.11. The average Bonchev–Trinajstić information content (AvgIpc) is 2.53. The third-order valence-corrected chi connectivity index (χ3v) is 4.21. The molecule has 6 heteroatoms. The van der Waals surface area contributed by atoms with Gasteiger partial charge in [-0.15, -0.1) is 0 Å². The van der Waals surface area contributed by atoms with E-state index in [1.165, 1.54) is 29.7 Å². The van der Waals surface area contributed by atoms with E-state index < -0.39 is 11.5 Å². The predicted octanol–water partition coefficient (Wildman–Crippen LogP) is 1.71. The second kappa shape index (κ2) is 7.61. The number of hydrogen-bond donors (Lipinski definition) is 2. The minimum Gasteiger partial charge on any atom is -0.378 e. The molecule has 2 N–H and O–H groups in total. The van der Waals surface area contributed by atoms with Gasteiger partial charge in [-0.1, -0.05) is 12.1 Å². The minimum absolute atomic E-state index is 0.125. The normalized spacial score (nSPS) is 13.3. The van der Waals surface area contributed by atoms with Crippen LogP contribution in [0.25, 0.3) is 0 Å². The van der Waals surface area contributed by atoms with Crippen LogP contribution in [0.15, 0.2) is 41.2 Å². The highest BCUT2D eigenvalue weighted by Crippen LogP contribution is 2.11. The van der Waals surface area contributed by atoms with Crippen LogP contribution in [0.4, 0.5) is 4.39 Å². The van der Waals surface area contributed by atoms with Crippen molar-refractivity contribution >= 4 is 5.91 Å². The van der Waals surface area contributed by atoms with Gasteiger partial charge in [0.25, 0.3) is 11.5 Å². The minimum atomic E-state index is -1.71. The number of nitrogens with zero attached hydrogens (tertiary/aromatic N) is 1. The number of amides is 1. The summed E-state index contributed by atoms with van der Waals surface area (Å²) in [5.74, 6) is -0.848. The standard InChI is InChI=1S/C19H23FN2O3/c1-13-11-16(20)8-7-15(13)9-10-21-18(24)19(3,25)12-22-14(2)5-4-6-17(22)23/h4-8,11,25H,9-10,12H2,1-3H3,(H,21,24)/t19-/m0/s1. The SMILES string of the molecule is Cc1cc(F)ccc1CCNC(=O)[C@@](C)(O)Cn1c(C)cccc1=O. The van der Waals surface area contributed by atoms with Gasteiger partial charge in [-0.05, 0) is 56.5 Å². The lowest BCUT2D eigenvalue weighted by atomic mass is 10.0. The summed E-state index contributed by atoms with van der Waals surface area (Å²) in [5, 5.41) is 13.1. The van der Waals surface area contributed by atoms with Crippen molar-refractivity contribution in [1.82, 2.24) is 9.88 Å². The molecule has 1 heterocycles. The number of rotatable bonds is 6. The van der Waals surface area contributed by atoms with Crippen molar-refractivity contribution in [1.29, 1.82) is 0 Å². The van der Waals surface area contributed by atoms with Crippen LogP contribution in [0.3, 0.4) is 0 Å². The Morgan fingerprint density at radius 2 is 2.00 bits per heavy atom. The molecule has 1 aromatic heterocycles. The van der Waals surface area contributed by atoms with Gasteiger partial charge in [0.15, 0.2) is 5.60 Å². The fraction of sp³-hybridized carbons (Fsp3) is 0.368. The Balaban J connectivity index is 1.98. The second-order valence-corrected chi connectivity index (χ2v) is 6.44. The quantitative estimate of drug-likeness (QED) is 0.837. The smallest absolute Gasteiger partial charge is 0.253 e. The molecule has 0 fully saturated rings. The van der Waals surface area contributed by atoms with E-state index in [9.17, 15) is 19.1 Å². The van der Waals surface area contributed by atoms with E-state index in [0.717, 1.165) is 11.1 Å². The van der Waals surface area contributed by atoms with Crippen LogP contribution in [0.1, 0.15) is 23.7 Å². The Labute approximate surface area is 146 Å². The number of nitrogens with one attached hydrogen (secondary N) is 1. The number of benzene rings is 1. The second-order valence-electron chi connectivity index (χ2n) is 6.44. The Morgan fingerprint density at radius 1 is 1.28 bits per heavy atom. The Bertz CT molecular complexity index is 828. The molecular weight excluding hydrogens is 323 g/mol. The van der Waals surface area contributed by atoms with Crippen LogP contribution in [0.2, 0.25) is 0 Å². The first-order valence-electron chi connectivity index (χ1n) is 8.13. The molecule has 0 aliphatic rings. The number of hydrogen-bond acceptors (Lipinski definition) is 3. The lowest BCUT2D eigenvalue weighted by molar-refractivity contribution is -0.139. The molecule has 0 radical (unpaired) electrons. The number of carbonyl (C=O) groups is 1. The van der Waals surface area contributed by atoms with Gasteiger partial charge in [0, 0.05) is 18.3 Å². The van der Waals surface area contributed by atoms with Crippen molar-refractivity contribution in [2.24, 2.45) is 0 Å². The highest BCUT2D eigenvalue weighted by Gasteiger charge is 2.31. The third-order valence-electron chi connectivity index (χ3n) is 4.21. The van der Waals surface area contributed by atoms with Crippen LogP contribution in [-0.2, 0) is 17.8 Å². The molecular formula is C19H23FN2O3. The molecule has 0 aliphatic carbocycles. The van der Waals surface area contributed by atoms with Gasteiger partial charge >= 0.3 is 0 Å². The van der Waals surface area contributed by atoms with Crippen LogP contribution in [-0.4, -0.2) is 27.7 Å². The van der Waals surface area contributed by atoms with Crippen molar-refractivity contribution < 1.29 is 14.3 Å². The Kier molecular flexibility index (Phi) is 5.74. The monoisotopic (exact) mass is 346 g/mol. The summed E-state index contributed by atoms with van der Waals surface area (Å²) < 4.78 is 14.5. The maximum atomic E-state index is 13.1. The van der Waals surface area contributed by atoms with E-state index in [-0.39, 0.29) is 17.9 Å². The first-order valence-corrected chi connectivity index (χ1v) is 8.13. The summed E-state index contributed by atoms with van der Waals surface area (Å²) in [6.07, 6.45) is 0.526. The lowest BCUT2D eigenvalue weighted by Gasteiger charge is -2.24. The summed E-state index contributed by atoms with van der Waals surface area (Å²) in [7, 11) is 0. The molecule has 134 valence electrons. The molecule has 2 aromatic rings. The van der Waals surface area contributed by atoms with Gasteiger partial charge in [0.05, 0.1) is 6.54 Å². The summed E-state index contributed by atoms with van der Waals surface area (Å²) >= 11 is 0. The fourth-order valence-electron chi connectivity index (χ4n) is 2.65. The number of aryl methyl sites for hydroxylation is 2. The lowest BCUT2D eigenvalue weighted by Crippen LogP contribution is -2.49. The van der Waals surface area contributed by atoms with E-state index >= 15 is 0 Å². The highest BCUT2D eigenvalue weighted by atomic mass is 19.1. The first-order chi connectivity index (χ1) is 11.7. The number of carbonyl (C=O) groups excluding carboxylic acids is 1. The zero-order valence-electron chi connectivity index (χ0n) is 14.7. The largest absolute Gasteiger partial charge is 0.378 e. The van der Waals surface area contributed by atoms with E-state index in [1.54, 1.807) is 32.0 Å². The average molecular weight is 346 g/mol. The third kappa shape index (κ3) is 4.76. The zero-order valence-corrected chi connectivity index (χ0v) is 14.7. The molecule has 2 rings (SSSR count). The van der Waals surface area contributed by atoms with Crippen LogP contribution >= 0.6 is 0 Å². The van der Waals surface area contributed by atoms with Crippen molar-refractivity contribution in [3.05, 3.63) is 69.4 Å². The van der Waals surface area contributed by atoms with Gasteiger partial charge in [0.2, 0.25) is 0 Å². The predicted molar refractivity (Wildman–Crippen MR) is 93.9 cm³/mol.